The van der Waals surface area contributed by atoms with Crippen LogP contribution in [0.5, 0.6) is 0 Å². The fourth-order valence-corrected chi connectivity index (χ4v) is 5.19. The highest BCUT2D eigenvalue weighted by Crippen LogP contribution is 2.37. The molecule has 1 unspecified atom stereocenters. The molecule has 30 heavy (non-hydrogen) atoms. The molecule has 5 nitrogen and oxygen atoms in total. The van der Waals surface area contributed by atoms with Gasteiger partial charge in [0.2, 0.25) is 5.91 Å². The largest absolute Gasteiger partial charge is 0.349 e. The lowest BCUT2D eigenvalue weighted by Crippen LogP contribution is -2.32. The summed E-state index contributed by atoms with van der Waals surface area (Å²) in [5.74, 6) is 1.16. The molecule has 0 bridgehead atoms. The molecule has 1 aliphatic carbocycles. The Balaban J connectivity index is 1.34. The maximum Gasteiger partial charge on any atom is 0.261 e. The van der Waals surface area contributed by atoms with E-state index in [9.17, 15) is 14.0 Å². The van der Waals surface area contributed by atoms with Crippen LogP contribution in [-0.2, 0) is 11.2 Å². The van der Waals surface area contributed by atoms with E-state index in [0.29, 0.717) is 23.1 Å². The lowest BCUT2D eigenvalue weighted by Gasteiger charge is -2.26. The Morgan fingerprint density at radius 2 is 2.03 bits per heavy atom. The molecule has 1 aromatic heterocycles. The summed E-state index contributed by atoms with van der Waals surface area (Å²) >= 11 is 1.69. The van der Waals surface area contributed by atoms with Gasteiger partial charge in [-0.25, -0.2) is 9.37 Å². The number of benzene rings is 2. The second-order valence-electron chi connectivity index (χ2n) is 7.89. The van der Waals surface area contributed by atoms with Gasteiger partial charge in [-0.15, -0.1) is 11.8 Å². The molecule has 1 aliphatic heterocycles. The molecule has 3 aromatic rings. The Bertz CT molecular complexity index is 1190. The highest BCUT2D eigenvalue weighted by Gasteiger charge is 2.29. The Hall–Kier alpha value is -2.67. The van der Waals surface area contributed by atoms with Crippen LogP contribution in [0.3, 0.4) is 0 Å². The zero-order chi connectivity index (χ0) is 20.7. The number of aromatic nitrogens is 2. The second-order valence-corrected chi connectivity index (χ2v) is 9.03. The normalized spacial score (nSPS) is 18.2. The predicted octanol–water partition coefficient (Wildman–Crippen LogP) is 4.16. The number of amides is 1. The van der Waals surface area contributed by atoms with Crippen molar-refractivity contribution < 1.29 is 9.18 Å². The van der Waals surface area contributed by atoms with Gasteiger partial charge in [0.25, 0.3) is 5.56 Å². The molecule has 5 rings (SSSR count). The molecule has 1 saturated carbocycles. The van der Waals surface area contributed by atoms with Crippen LogP contribution in [-0.4, -0.2) is 21.2 Å². The molecule has 2 aromatic carbocycles. The van der Waals surface area contributed by atoms with Crippen LogP contribution in [0.4, 0.5) is 4.39 Å². The summed E-state index contributed by atoms with van der Waals surface area (Å²) < 4.78 is 15.5. The number of halogens is 1. The van der Waals surface area contributed by atoms with Gasteiger partial charge in [-0.3, -0.25) is 14.2 Å². The van der Waals surface area contributed by atoms with Gasteiger partial charge >= 0.3 is 0 Å². The van der Waals surface area contributed by atoms with Gasteiger partial charge in [0.05, 0.1) is 16.9 Å². The van der Waals surface area contributed by atoms with E-state index >= 15 is 0 Å². The number of nitrogens with one attached hydrogen (secondary N) is 1. The molecule has 154 valence electrons. The number of thioether (sulfide) groups is 1. The first-order valence-electron chi connectivity index (χ1n) is 10.3. The summed E-state index contributed by atoms with van der Waals surface area (Å²) in [5, 5.41) is 3.68. The minimum Gasteiger partial charge on any atom is -0.349 e. The van der Waals surface area contributed by atoms with Crippen LogP contribution < -0.4 is 10.9 Å². The molecular weight excluding hydrogens is 401 g/mol. The molecule has 2 aliphatic rings. The van der Waals surface area contributed by atoms with Crippen molar-refractivity contribution in [3.8, 4) is 0 Å². The van der Waals surface area contributed by atoms with Crippen molar-refractivity contribution in [2.45, 2.75) is 49.1 Å². The first kappa shape index (κ1) is 19.3. The van der Waals surface area contributed by atoms with Crippen LogP contribution in [0.1, 0.15) is 49.2 Å². The number of carbonyl (C=O) groups excluding carboxylic acids is 1. The van der Waals surface area contributed by atoms with Crippen LogP contribution in [0.25, 0.3) is 10.9 Å². The zero-order valence-electron chi connectivity index (χ0n) is 16.4. The lowest BCUT2D eigenvalue weighted by molar-refractivity contribution is -0.121. The SMILES string of the molecule is O=C(CCc1nc2ccccc2c(=O)n1C1CC1)NC1CCSc2ccc(F)cc21. The van der Waals surface area contributed by atoms with Crippen LogP contribution in [0.2, 0.25) is 0 Å². The summed E-state index contributed by atoms with van der Waals surface area (Å²) in [4.78, 5) is 31.4. The van der Waals surface area contributed by atoms with Crippen LogP contribution >= 0.6 is 11.8 Å². The zero-order valence-corrected chi connectivity index (χ0v) is 17.3. The van der Waals surface area contributed by atoms with Crippen molar-refractivity contribution in [2.24, 2.45) is 0 Å². The summed E-state index contributed by atoms with van der Waals surface area (Å²) in [6.07, 6.45) is 3.36. The smallest absolute Gasteiger partial charge is 0.261 e. The summed E-state index contributed by atoms with van der Waals surface area (Å²) in [7, 11) is 0. The van der Waals surface area contributed by atoms with E-state index in [1.165, 1.54) is 12.1 Å². The number of hydrogen-bond acceptors (Lipinski definition) is 4. The van der Waals surface area contributed by atoms with E-state index in [4.69, 9.17) is 4.98 Å². The maximum absolute atomic E-state index is 13.7. The number of aryl methyl sites for hydroxylation is 1. The first-order valence-corrected chi connectivity index (χ1v) is 11.3. The lowest BCUT2D eigenvalue weighted by atomic mass is 10.0. The van der Waals surface area contributed by atoms with Gasteiger partial charge in [-0.2, -0.15) is 0 Å². The highest BCUT2D eigenvalue weighted by atomic mass is 32.2. The van der Waals surface area contributed by atoms with E-state index in [1.807, 2.05) is 18.2 Å². The number of para-hydroxylation sites is 1. The van der Waals surface area contributed by atoms with Crippen molar-refractivity contribution >= 4 is 28.6 Å². The van der Waals surface area contributed by atoms with E-state index in [1.54, 1.807) is 28.5 Å². The minimum absolute atomic E-state index is 0.0211. The molecular formula is C23H22FN3O2S. The predicted molar refractivity (Wildman–Crippen MR) is 115 cm³/mol. The first-order chi connectivity index (χ1) is 14.6. The van der Waals surface area contributed by atoms with Crippen molar-refractivity contribution in [1.29, 1.82) is 0 Å². The number of carbonyl (C=O) groups is 1. The van der Waals surface area contributed by atoms with Crippen molar-refractivity contribution in [1.82, 2.24) is 14.9 Å². The third-order valence-electron chi connectivity index (χ3n) is 5.72. The van der Waals surface area contributed by atoms with Crippen LogP contribution in [0.15, 0.2) is 52.2 Å². The highest BCUT2D eigenvalue weighted by molar-refractivity contribution is 7.99. The van der Waals surface area contributed by atoms with Crippen LogP contribution in [0, 0.1) is 5.82 Å². The summed E-state index contributed by atoms with van der Waals surface area (Å²) in [6.45, 7) is 0. The van der Waals surface area contributed by atoms with E-state index in [-0.39, 0.29) is 35.8 Å². The van der Waals surface area contributed by atoms with Crippen molar-refractivity contribution in [2.75, 3.05) is 5.75 Å². The maximum atomic E-state index is 13.7. The molecule has 1 atom stereocenters. The number of rotatable bonds is 5. The minimum atomic E-state index is -0.288. The van der Waals surface area contributed by atoms with Gasteiger partial charge in [-0.05, 0) is 55.2 Å². The monoisotopic (exact) mass is 423 g/mol. The molecule has 7 heteroatoms. The van der Waals surface area contributed by atoms with Gasteiger partial charge in [0, 0.05) is 29.5 Å². The fraction of sp³-hybridized carbons (Fsp3) is 0.348. The average Bonchev–Trinajstić information content (AvgIpc) is 3.58. The third kappa shape index (κ3) is 3.74. The quantitative estimate of drug-likeness (QED) is 0.669. The van der Waals surface area contributed by atoms with Gasteiger partial charge in [-0.1, -0.05) is 12.1 Å². The number of nitrogens with zero attached hydrogens (tertiary/aromatic N) is 2. The molecule has 1 amide bonds. The number of hydrogen-bond donors (Lipinski definition) is 1. The molecule has 2 heterocycles. The Morgan fingerprint density at radius 1 is 1.20 bits per heavy atom. The topological polar surface area (TPSA) is 64.0 Å². The Labute approximate surface area is 177 Å². The van der Waals surface area contributed by atoms with Gasteiger partial charge < -0.3 is 5.32 Å². The standard InChI is InChI=1S/C23H22FN3O2S/c24-14-5-8-20-17(13-14)19(11-12-30-20)26-22(28)10-9-21-25-18-4-2-1-3-16(18)23(29)27(21)15-6-7-15/h1-5,8,13,15,19H,6-7,9-12H2,(H,26,28). The van der Waals surface area contributed by atoms with Gasteiger partial charge in [0.1, 0.15) is 11.6 Å². The van der Waals surface area contributed by atoms with E-state index < -0.39 is 0 Å². The average molecular weight is 424 g/mol. The Kier molecular flexibility index (Phi) is 5.06. The van der Waals surface area contributed by atoms with Crippen molar-refractivity contribution in [3.05, 3.63) is 70.0 Å². The summed E-state index contributed by atoms with van der Waals surface area (Å²) in [6, 6.07) is 12.1. The number of fused-ring (bicyclic) bond motifs is 2. The third-order valence-corrected chi connectivity index (χ3v) is 6.84. The Morgan fingerprint density at radius 3 is 2.87 bits per heavy atom. The van der Waals surface area contributed by atoms with Crippen molar-refractivity contribution in [3.63, 3.8) is 0 Å². The van der Waals surface area contributed by atoms with Gasteiger partial charge in [0.15, 0.2) is 0 Å². The molecule has 1 fully saturated rings. The summed E-state index contributed by atoms with van der Waals surface area (Å²) in [5.41, 5.74) is 1.49. The molecule has 0 saturated heterocycles. The molecule has 1 N–H and O–H groups in total. The van der Waals surface area contributed by atoms with E-state index in [2.05, 4.69) is 5.32 Å². The van der Waals surface area contributed by atoms with E-state index in [0.717, 1.165) is 35.5 Å². The molecule has 0 radical (unpaired) electrons. The fourth-order valence-electron chi connectivity index (χ4n) is 4.08. The molecule has 0 spiro atoms. The second kappa shape index (κ2) is 7.87.